The van der Waals surface area contributed by atoms with Crippen molar-refractivity contribution in [3.8, 4) is 0 Å². The van der Waals surface area contributed by atoms with E-state index in [1.165, 1.54) is 19.8 Å². The lowest BCUT2D eigenvalue weighted by Crippen LogP contribution is -2.60. The molecule has 5 saturated carbocycles. The minimum atomic E-state index is -1.27. The van der Waals surface area contributed by atoms with Crippen molar-refractivity contribution in [1.82, 2.24) is 4.90 Å². The predicted octanol–water partition coefficient (Wildman–Crippen LogP) is 5.02. The van der Waals surface area contributed by atoms with Gasteiger partial charge in [-0.05, 0) is 117 Å². The fourth-order valence-corrected chi connectivity index (χ4v) is 14.0. The number of aliphatic hydroxyl groups excluding tert-OH is 1. The molecular weight excluding hydrogens is 626 g/mol. The lowest BCUT2D eigenvalue weighted by Gasteiger charge is -2.64. The third-order valence-corrected chi connectivity index (χ3v) is 16.4. The zero-order valence-electron chi connectivity index (χ0n) is 31.4. The highest BCUT2D eigenvalue weighted by atomic mass is 16.7. The van der Waals surface area contributed by atoms with Gasteiger partial charge >= 0.3 is 11.9 Å². The van der Waals surface area contributed by atoms with E-state index in [-0.39, 0.29) is 51.1 Å². The van der Waals surface area contributed by atoms with Gasteiger partial charge in [0.2, 0.25) is 0 Å². The summed E-state index contributed by atoms with van der Waals surface area (Å²) in [5.74, 6) is 0.0786. The Hall–Kier alpha value is -1.30. The number of aliphatic carboxylic acids is 1. The summed E-state index contributed by atoms with van der Waals surface area (Å²) < 4.78 is 25.3. The third-order valence-electron chi connectivity index (χ3n) is 16.4. The van der Waals surface area contributed by atoms with Crippen molar-refractivity contribution in [3.63, 3.8) is 0 Å². The Kier molecular flexibility index (Phi) is 8.54. The number of carboxylic acid groups (broad SMARTS) is 1. The van der Waals surface area contributed by atoms with Gasteiger partial charge in [-0.25, -0.2) is 0 Å². The standard InChI is InChI=1S/C39H63NO9/c1-21-18-24(32(35(6,7)45)47-23(3)41)48-30-29(21)36(8)14-15-39-20-38(39)13-12-27(49-28-19-40(16-17-46-28)22(2)33(43)44)34(4,5)25(38)10-11-26(39)37(36,9)31(30)42/h21-22,24-32,42,45H,10-20H2,1-9H3,(H,43,44). The highest BCUT2D eigenvalue weighted by molar-refractivity contribution is 5.72. The number of aliphatic hydroxyl groups is 2. The third kappa shape index (κ3) is 4.99. The largest absolute Gasteiger partial charge is 0.480 e. The SMILES string of the molecule is CC(=O)OC(C1CC(C)C2C(O1)C(O)C1(C)C3CCC4C(C)(C)C(OC5CN(C(C)C(=O)O)CCO5)CCC45CC35CCC21C)C(C)(C)O. The number of rotatable bonds is 7. The summed E-state index contributed by atoms with van der Waals surface area (Å²) in [5, 5.41) is 33.2. The Morgan fingerprint density at radius 1 is 1.02 bits per heavy atom. The van der Waals surface area contributed by atoms with E-state index in [1.807, 2.05) is 4.90 Å². The first kappa shape index (κ1) is 36.1. The molecule has 2 aliphatic heterocycles. The molecule has 7 aliphatic rings. The molecule has 2 saturated heterocycles. The molecule has 0 aromatic heterocycles. The average Bonchev–Trinajstić information content (AvgIpc) is 3.65. The maximum absolute atomic E-state index is 12.6. The highest BCUT2D eigenvalue weighted by Gasteiger charge is 2.84. The molecule has 5 aliphatic carbocycles. The van der Waals surface area contributed by atoms with Crippen molar-refractivity contribution in [2.24, 2.45) is 50.7 Å². The van der Waals surface area contributed by atoms with Crippen LogP contribution in [0.2, 0.25) is 0 Å². The molecule has 2 spiro atoms. The molecule has 15 unspecified atom stereocenters. The van der Waals surface area contributed by atoms with Gasteiger partial charge in [-0.2, -0.15) is 0 Å². The molecule has 3 N–H and O–H groups in total. The van der Waals surface area contributed by atoms with E-state index >= 15 is 0 Å². The van der Waals surface area contributed by atoms with Crippen LogP contribution < -0.4 is 0 Å². The lowest BCUT2D eigenvalue weighted by atomic mass is 9.41. The number of carbonyl (C=O) groups excluding carboxylic acids is 1. The van der Waals surface area contributed by atoms with Gasteiger partial charge in [0.25, 0.3) is 0 Å². The number of carbonyl (C=O) groups is 2. The van der Waals surface area contributed by atoms with E-state index in [0.29, 0.717) is 38.0 Å². The van der Waals surface area contributed by atoms with Crippen molar-refractivity contribution in [2.75, 3.05) is 19.7 Å². The first-order valence-electron chi connectivity index (χ1n) is 19.2. The van der Waals surface area contributed by atoms with Gasteiger partial charge in [-0.1, -0.05) is 34.6 Å². The van der Waals surface area contributed by atoms with Crippen LogP contribution in [-0.2, 0) is 28.5 Å². The van der Waals surface area contributed by atoms with E-state index in [9.17, 15) is 24.9 Å². The minimum absolute atomic E-state index is 0.0407. The van der Waals surface area contributed by atoms with E-state index in [4.69, 9.17) is 18.9 Å². The molecule has 7 rings (SSSR count). The number of hydrogen-bond donors (Lipinski definition) is 3. The Morgan fingerprint density at radius 2 is 1.69 bits per heavy atom. The monoisotopic (exact) mass is 689 g/mol. The summed E-state index contributed by atoms with van der Waals surface area (Å²) in [6.07, 6.45) is 5.72. The summed E-state index contributed by atoms with van der Waals surface area (Å²) in [7, 11) is 0. The number of nitrogens with zero attached hydrogens (tertiary/aromatic N) is 1. The summed E-state index contributed by atoms with van der Waals surface area (Å²) in [6, 6.07) is -0.566. The Bertz CT molecular complexity index is 1330. The molecule has 0 aromatic carbocycles. The van der Waals surface area contributed by atoms with Crippen molar-refractivity contribution in [2.45, 2.75) is 162 Å². The van der Waals surface area contributed by atoms with Crippen molar-refractivity contribution >= 4 is 11.9 Å². The van der Waals surface area contributed by atoms with Crippen LogP contribution in [0.4, 0.5) is 0 Å². The quantitative estimate of drug-likeness (QED) is 0.313. The van der Waals surface area contributed by atoms with Crippen LogP contribution in [0.1, 0.15) is 114 Å². The fourth-order valence-electron chi connectivity index (χ4n) is 14.0. The Labute approximate surface area is 292 Å². The molecule has 15 atom stereocenters. The van der Waals surface area contributed by atoms with Gasteiger partial charge in [-0.3, -0.25) is 14.5 Å². The van der Waals surface area contributed by atoms with Gasteiger partial charge in [0.05, 0.1) is 43.2 Å². The molecule has 2 heterocycles. The maximum Gasteiger partial charge on any atom is 0.320 e. The number of hydrogen-bond acceptors (Lipinski definition) is 9. The summed E-state index contributed by atoms with van der Waals surface area (Å²) in [5.41, 5.74) is -1.30. The van der Waals surface area contributed by atoms with Gasteiger partial charge < -0.3 is 34.3 Å². The molecule has 278 valence electrons. The fraction of sp³-hybridized carbons (Fsp3) is 0.949. The van der Waals surface area contributed by atoms with Crippen molar-refractivity contribution in [1.29, 1.82) is 0 Å². The topological polar surface area (TPSA) is 135 Å². The van der Waals surface area contributed by atoms with E-state index in [1.54, 1.807) is 20.8 Å². The van der Waals surface area contributed by atoms with Crippen LogP contribution in [-0.4, -0.2) is 100 Å². The summed E-state index contributed by atoms with van der Waals surface area (Å²) in [6.45, 7) is 19.8. The van der Waals surface area contributed by atoms with Gasteiger partial charge in [-0.15, -0.1) is 0 Å². The molecule has 0 amide bonds. The average molecular weight is 690 g/mol. The highest BCUT2D eigenvalue weighted by Crippen LogP contribution is 2.89. The van der Waals surface area contributed by atoms with E-state index in [2.05, 4.69) is 34.6 Å². The molecular formula is C39H63NO9. The Morgan fingerprint density at radius 3 is 2.35 bits per heavy atom. The molecule has 7 fully saturated rings. The number of morpholine rings is 1. The number of ether oxygens (including phenoxy) is 4. The number of fused-ring (bicyclic) bond motifs is 4. The van der Waals surface area contributed by atoms with Crippen LogP contribution in [0.15, 0.2) is 0 Å². The normalized spacial score (nSPS) is 50.1. The number of esters is 1. The Balaban J connectivity index is 1.12. The first-order chi connectivity index (χ1) is 22.7. The van der Waals surface area contributed by atoms with E-state index in [0.717, 1.165) is 32.1 Å². The molecule has 10 heteroatoms. The van der Waals surface area contributed by atoms with Gasteiger partial charge in [0.15, 0.2) is 12.4 Å². The first-order valence-corrected chi connectivity index (χ1v) is 19.2. The number of carboxylic acids is 1. The van der Waals surface area contributed by atoms with Crippen LogP contribution in [0.5, 0.6) is 0 Å². The van der Waals surface area contributed by atoms with Gasteiger partial charge in [0, 0.05) is 18.9 Å². The summed E-state index contributed by atoms with van der Waals surface area (Å²) >= 11 is 0. The zero-order chi connectivity index (χ0) is 35.7. The second-order valence-electron chi connectivity index (χ2n) is 19.2. The second kappa shape index (κ2) is 11.6. The molecule has 0 bridgehead atoms. The molecule has 10 nitrogen and oxygen atoms in total. The van der Waals surface area contributed by atoms with Crippen LogP contribution >= 0.6 is 0 Å². The maximum atomic E-state index is 12.6. The van der Waals surface area contributed by atoms with E-state index < -0.39 is 48.2 Å². The van der Waals surface area contributed by atoms with Crippen LogP contribution in [0.25, 0.3) is 0 Å². The van der Waals surface area contributed by atoms with Crippen molar-refractivity contribution < 1.29 is 43.9 Å². The summed E-state index contributed by atoms with van der Waals surface area (Å²) in [4.78, 5) is 25.7. The smallest absolute Gasteiger partial charge is 0.320 e. The molecule has 0 radical (unpaired) electrons. The van der Waals surface area contributed by atoms with Crippen LogP contribution in [0, 0.1) is 50.7 Å². The van der Waals surface area contributed by atoms with Crippen LogP contribution in [0.3, 0.4) is 0 Å². The molecule has 49 heavy (non-hydrogen) atoms. The lowest BCUT2D eigenvalue weighted by molar-refractivity contribution is -0.251. The minimum Gasteiger partial charge on any atom is -0.480 e. The van der Waals surface area contributed by atoms with Crippen molar-refractivity contribution in [3.05, 3.63) is 0 Å². The molecule has 0 aromatic rings. The zero-order valence-corrected chi connectivity index (χ0v) is 31.4. The second-order valence-corrected chi connectivity index (χ2v) is 19.2. The predicted molar refractivity (Wildman–Crippen MR) is 181 cm³/mol. The van der Waals surface area contributed by atoms with Gasteiger partial charge in [0.1, 0.15) is 6.04 Å².